The topological polar surface area (TPSA) is 117 Å². The highest BCUT2D eigenvalue weighted by atomic mass is 16.5. The number of carbonyl (C=O) groups excluding carboxylic acids is 2. The van der Waals surface area contributed by atoms with E-state index in [9.17, 15) is 14.9 Å². The van der Waals surface area contributed by atoms with E-state index < -0.39 is 12.1 Å². The van der Waals surface area contributed by atoms with E-state index in [2.05, 4.69) is 21.3 Å². The van der Waals surface area contributed by atoms with Crippen molar-refractivity contribution in [3.63, 3.8) is 0 Å². The molecule has 1 fully saturated rings. The zero-order chi connectivity index (χ0) is 25.2. The van der Waals surface area contributed by atoms with Crippen LogP contribution in [0.1, 0.15) is 35.5 Å². The van der Waals surface area contributed by atoms with E-state index in [1.54, 1.807) is 32.0 Å². The second-order valence-corrected chi connectivity index (χ2v) is 7.84. The lowest BCUT2D eigenvalue weighted by atomic mass is 10.1. The summed E-state index contributed by atoms with van der Waals surface area (Å²) < 4.78 is 16.0. The lowest BCUT2D eigenvalue weighted by Crippen LogP contribution is -2.48. The van der Waals surface area contributed by atoms with Gasteiger partial charge < -0.3 is 19.1 Å². The third-order valence-corrected chi connectivity index (χ3v) is 5.54. The molecule has 1 N–H and O–H groups in total. The van der Waals surface area contributed by atoms with Gasteiger partial charge in [0.15, 0.2) is 0 Å². The van der Waals surface area contributed by atoms with Gasteiger partial charge in [-0.1, -0.05) is 12.1 Å². The highest BCUT2D eigenvalue weighted by Crippen LogP contribution is 2.25. The second-order valence-electron chi connectivity index (χ2n) is 7.84. The maximum absolute atomic E-state index is 12.5. The lowest BCUT2D eigenvalue weighted by molar-refractivity contribution is 0.0526. The molecule has 0 bridgehead atoms. The number of nitrogens with zero attached hydrogens (tertiary/aromatic N) is 4. The van der Waals surface area contributed by atoms with Crippen LogP contribution in [0.15, 0.2) is 30.3 Å². The number of ether oxygens (including phenoxy) is 3. The van der Waals surface area contributed by atoms with E-state index in [0.29, 0.717) is 73.4 Å². The number of aryl methyl sites for hydroxylation is 1. The fourth-order valence-electron chi connectivity index (χ4n) is 3.75. The summed E-state index contributed by atoms with van der Waals surface area (Å²) in [7, 11) is 0. The number of nitriles is 1. The Morgan fingerprint density at radius 2 is 1.86 bits per heavy atom. The normalized spacial score (nSPS) is 13.6. The SMILES string of the molecule is CCOC(=O)c1cc(C#N)c(C)nc1N1CCN(CCOC(=O)Nc2ccccc2OCC)CC1. The molecule has 1 aliphatic heterocycles. The third-order valence-electron chi connectivity index (χ3n) is 5.54. The Labute approximate surface area is 205 Å². The number of nitrogens with one attached hydrogen (secondary N) is 1. The number of hydrogen-bond donors (Lipinski definition) is 1. The first-order valence-electron chi connectivity index (χ1n) is 11.7. The van der Waals surface area contributed by atoms with Gasteiger partial charge in [0.1, 0.15) is 29.8 Å². The number of rotatable bonds is 9. The Kier molecular flexibility index (Phi) is 9.26. The zero-order valence-electron chi connectivity index (χ0n) is 20.4. The molecule has 0 aliphatic carbocycles. The monoisotopic (exact) mass is 481 g/mol. The van der Waals surface area contributed by atoms with Crippen LogP contribution in [0.2, 0.25) is 0 Å². The van der Waals surface area contributed by atoms with Crippen molar-refractivity contribution in [3.05, 3.63) is 47.2 Å². The van der Waals surface area contributed by atoms with Crippen molar-refractivity contribution in [1.82, 2.24) is 9.88 Å². The molecule has 1 aromatic carbocycles. The van der Waals surface area contributed by atoms with Gasteiger partial charge in [0.05, 0.1) is 30.2 Å². The van der Waals surface area contributed by atoms with Gasteiger partial charge in [0, 0.05) is 32.7 Å². The van der Waals surface area contributed by atoms with Gasteiger partial charge in [0.25, 0.3) is 0 Å². The number of pyridine rings is 1. The van der Waals surface area contributed by atoms with Crippen molar-refractivity contribution in [2.45, 2.75) is 20.8 Å². The number of hydrogen-bond acceptors (Lipinski definition) is 9. The maximum atomic E-state index is 12.5. The summed E-state index contributed by atoms with van der Waals surface area (Å²) in [6.45, 7) is 9.63. The van der Waals surface area contributed by atoms with Crippen LogP contribution in [0.4, 0.5) is 16.3 Å². The molecule has 1 amide bonds. The first-order chi connectivity index (χ1) is 17.0. The predicted molar refractivity (Wildman–Crippen MR) is 131 cm³/mol. The molecule has 1 aliphatic rings. The minimum atomic E-state index is -0.535. The first-order valence-corrected chi connectivity index (χ1v) is 11.7. The van der Waals surface area contributed by atoms with E-state index in [1.165, 1.54) is 0 Å². The van der Waals surface area contributed by atoms with Crippen molar-refractivity contribution in [1.29, 1.82) is 5.26 Å². The van der Waals surface area contributed by atoms with Gasteiger partial charge in [-0.25, -0.2) is 14.6 Å². The smallest absolute Gasteiger partial charge is 0.411 e. The predicted octanol–water partition coefficient (Wildman–Crippen LogP) is 3.21. The second kappa shape index (κ2) is 12.6. The molecule has 2 heterocycles. The fraction of sp³-hybridized carbons (Fsp3) is 0.440. The Hall–Kier alpha value is -3.84. The summed E-state index contributed by atoms with van der Waals surface area (Å²) in [6, 6.07) is 10.8. The standard InChI is InChI=1S/C25H31N5O5/c1-4-33-22-9-7-6-8-21(22)28-25(32)35-15-14-29-10-12-30(13-11-29)23-20(24(31)34-5-2)16-19(17-26)18(3)27-23/h6-9,16H,4-5,10-15H2,1-3H3,(H,28,32). The van der Waals surface area contributed by atoms with Crippen LogP contribution in [0.5, 0.6) is 5.75 Å². The molecular weight excluding hydrogens is 450 g/mol. The molecule has 10 nitrogen and oxygen atoms in total. The molecule has 10 heteroatoms. The van der Waals surface area contributed by atoms with Crippen LogP contribution in [-0.2, 0) is 9.47 Å². The Balaban J connectivity index is 1.52. The Morgan fingerprint density at radius 3 is 2.54 bits per heavy atom. The number of para-hydroxylation sites is 2. The fourth-order valence-corrected chi connectivity index (χ4v) is 3.75. The van der Waals surface area contributed by atoms with Crippen LogP contribution in [0.25, 0.3) is 0 Å². The summed E-state index contributed by atoms with van der Waals surface area (Å²) in [5.41, 5.74) is 1.79. The van der Waals surface area contributed by atoms with Gasteiger partial charge in [-0.2, -0.15) is 5.26 Å². The zero-order valence-corrected chi connectivity index (χ0v) is 20.4. The van der Waals surface area contributed by atoms with Crippen LogP contribution >= 0.6 is 0 Å². The van der Waals surface area contributed by atoms with E-state index >= 15 is 0 Å². The summed E-state index contributed by atoms with van der Waals surface area (Å²) in [5.74, 6) is 0.638. The van der Waals surface area contributed by atoms with Crippen molar-refractivity contribution in [2.75, 3.05) is 62.8 Å². The van der Waals surface area contributed by atoms with E-state index in [1.807, 2.05) is 24.0 Å². The molecule has 0 atom stereocenters. The van der Waals surface area contributed by atoms with Gasteiger partial charge in [-0.3, -0.25) is 10.2 Å². The molecule has 1 aromatic heterocycles. The van der Waals surface area contributed by atoms with Crippen LogP contribution < -0.4 is 15.0 Å². The molecule has 1 saturated heterocycles. The van der Waals surface area contributed by atoms with Crippen LogP contribution in [0.3, 0.4) is 0 Å². The van der Waals surface area contributed by atoms with Crippen molar-refractivity contribution < 1.29 is 23.8 Å². The van der Waals surface area contributed by atoms with Gasteiger partial charge in [0.2, 0.25) is 0 Å². The molecule has 186 valence electrons. The summed E-state index contributed by atoms with van der Waals surface area (Å²) in [4.78, 5) is 33.4. The summed E-state index contributed by atoms with van der Waals surface area (Å²) >= 11 is 0. The number of esters is 1. The van der Waals surface area contributed by atoms with Crippen molar-refractivity contribution >= 4 is 23.6 Å². The van der Waals surface area contributed by atoms with E-state index in [4.69, 9.17) is 14.2 Å². The third kappa shape index (κ3) is 6.83. The molecular formula is C25H31N5O5. The number of piperazine rings is 1. The molecule has 2 aromatic rings. The number of amides is 1. The number of benzene rings is 1. The average molecular weight is 482 g/mol. The Morgan fingerprint density at radius 1 is 1.11 bits per heavy atom. The van der Waals surface area contributed by atoms with Crippen LogP contribution in [-0.4, -0.2) is 74.5 Å². The van der Waals surface area contributed by atoms with Gasteiger partial charge in [-0.15, -0.1) is 0 Å². The largest absolute Gasteiger partial charge is 0.492 e. The molecule has 0 saturated carbocycles. The summed E-state index contributed by atoms with van der Waals surface area (Å²) in [6.07, 6.45) is -0.535. The van der Waals surface area contributed by atoms with Gasteiger partial charge in [-0.05, 0) is 39.0 Å². The number of anilines is 2. The highest BCUT2D eigenvalue weighted by molar-refractivity contribution is 5.95. The molecule has 3 rings (SSSR count). The minimum Gasteiger partial charge on any atom is -0.492 e. The molecule has 35 heavy (non-hydrogen) atoms. The molecule has 0 unspecified atom stereocenters. The molecule has 0 spiro atoms. The van der Waals surface area contributed by atoms with Crippen molar-refractivity contribution in [2.24, 2.45) is 0 Å². The average Bonchev–Trinajstić information content (AvgIpc) is 2.86. The highest BCUT2D eigenvalue weighted by Gasteiger charge is 2.25. The number of aromatic nitrogens is 1. The minimum absolute atomic E-state index is 0.241. The Bertz CT molecular complexity index is 1080. The maximum Gasteiger partial charge on any atom is 0.411 e. The van der Waals surface area contributed by atoms with Gasteiger partial charge >= 0.3 is 12.1 Å². The van der Waals surface area contributed by atoms with E-state index in [-0.39, 0.29) is 13.2 Å². The number of carbonyl (C=O) groups is 2. The van der Waals surface area contributed by atoms with E-state index in [0.717, 1.165) is 0 Å². The van der Waals surface area contributed by atoms with Crippen LogP contribution in [0, 0.1) is 18.3 Å². The molecule has 0 radical (unpaired) electrons. The lowest BCUT2D eigenvalue weighted by Gasteiger charge is -2.36. The quantitative estimate of drug-likeness (QED) is 0.539. The van der Waals surface area contributed by atoms with Crippen molar-refractivity contribution in [3.8, 4) is 11.8 Å². The summed E-state index contributed by atoms with van der Waals surface area (Å²) in [5, 5.41) is 12.0. The first kappa shape index (κ1) is 25.8.